The third-order valence-corrected chi connectivity index (χ3v) is 6.77. The molecule has 1 aliphatic carbocycles. The normalized spacial score (nSPS) is 23.9. The minimum absolute atomic E-state index is 0.0826. The van der Waals surface area contributed by atoms with Gasteiger partial charge in [-0.3, -0.25) is 4.79 Å². The van der Waals surface area contributed by atoms with Gasteiger partial charge in [0.05, 0.1) is 5.56 Å². The van der Waals surface area contributed by atoms with Gasteiger partial charge >= 0.3 is 0 Å². The SMILES string of the molecule is O=C(c1ccc(Cl)cc1OC1CCN(CC2CC=CCC2)CC1)N1CCCCC1. The van der Waals surface area contributed by atoms with E-state index >= 15 is 0 Å². The Bertz CT molecular complexity index is 722. The molecule has 1 amide bonds. The van der Waals surface area contributed by atoms with Gasteiger partial charge in [0.2, 0.25) is 0 Å². The van der Waals surface area contributed by atoms with E-state index in [0.717, 1.165) is 57.8 Å². The van der Waals surface area contributed by atoms with Crippen LogP contribution in [0.15, 0.2) is 30.4 Å². The van der Waals surface area contributed by atoms with Crippen molar-refractivity contribution in [3.05, 3.63) is 40.9 Å². The quantitative estimate of drug-likeness (QED) is 0.621. The van der Waals surface area contributed by atoms with Gasteiger partial charge < -0.3 is 14.5 Å². The molecule has 0 aromatic heterocycles. The number of ether oxygens (including phenoxy) is 1. The highest BCUT2D eigenvalue weighted by Gasteiger charge is 2.26. The number of hydrogen-bond acceptors (Lipinski definition) is 3. The van der Waals surface area contributed by atoms with Crippen molar-refractivity contribution < 1.29 is 9.53 Å². The van der Waals surface area contributed by atoms with Crippen molar-refractivity contribution in [2.24, 2.45) is 5.92 Å². The fourth-order valence-electron chi connectivity index (χ4n) is 4.81. The minimum Gasteiger partial charge on any atom is -0.489 e. The van der Waals surface area contributed by atoms with E-state index in [0.29, 0.717) is 16.3 Å². The molecule has 0 N–H and O–H groups in total. The zero-order chi connectivity index (χ0) is 20.1. The van der Waals surface area contributed by atoms with Crippen molar-refractivity contribution in [1.29, 1.82) is 0 Å². The van der Waals surface area contributed by atoms with Crippen LogP contribution in [-0.2, 0) is 0 Å². The van der Waals surface area contributed by atoms with E-state index in [1.54, 1.807) is 6.07 Å². The third-order valence-electron chi connectivity index (χ3n) is 6.54. The molecule has 5 heteroatoms. The van der Waals surface area contributed by atoms with E-state index in [1.807, 2.05) is 17.0 Å². The van der Waals surface area contributed by atoms with Gasteiger partial charge in [0, 0.05) is 37.7 Å². The predicted molar refractivity (Wildman–Crippen MR) is 118 cm³/mol. The van der Waals surface area contributed by atoms with Crippen molar-refractivity contribution in [2.45, 2.75) is 57.5 Å². The summed E-state index contributed by atoms with van der Waals surface area (Å²) >= 11 is 6.24. The number of benzene rings is 1. The van der Waals surface area contributed by atoms with Crippen molar-refractivity contribution in [3.8, 4) is 5.75 Å². The van der Waals surface area contributed by atoms with Crippen molar-refractivity contribution >= 4 is 17.5 Å². The lowest BCUT2D eigenvalue weighted by Crippen LogP contribution is -2.41. The molecule has 158 valence electrons. The Balaban J connectivity index is 1.35. The molecule has 1 unspecified atom stereocenters. The molecule has 29 heavy (non-hydrogen) atoms. The molecule has 0 radical (unpaired) electrons. The number of carbonyl (C=O) groups is 1. The number of amides is 1. The summed E-state index contributed by atoms with van der Waals surface area (Å²) in [4.78, 5) is 17.6. The zero-order valence-corrected chi connectivity index (χ0v) is 18.1. The molecule has 2 heterocycles. The number of rotatable bonds is 5. The number of hydrogen-bond donors (Lipinski definition) is 0. The Morgan fingerprint density at radius 1 is 1.03 bits per heavy atom. The maximum Gasteiger partial charge on any atom is 0.257 e. The molecule has 2 aliphatic heterocycles. The van der Waals surface area contributed by atoms with Gasteiger partial charge in [0.1, 0.15) is 11.9 Å². The second kappa shape index (κ2) is 9.99. The van der Waals surface area contributed by atoms with Gasteiger partial charge in [-0.2, -0.15) is 0 Å². The maximum absolute atomic E-state index is 13.0. The van der Waals surface area contributed by atoms with E-state index < -0.39 is 0 Å². The predicted octanol–water partition coefficient (Wildman–Crippen LogP) is 5.17. The van der Waals surface area contributed by atoms with E-state index in [2.05, 4.69) is 17.1 Å². The van der Waals surface area contributed by atoms with E-state index in [4.69, 9.17) is 16.3 Å². The summed E-state index contributed by atoms with van der Waals surface area (Å²) in [5, 5.41) is 0.623. The molecule has 0 spiro atoms. The van der Waals surface area contributed by atoms with Crippen molar-refractivity contribution in [3.63, 3.8) is 0 Å². The Labute approximate surface area is 179 Å². The maximum atomic E-state index is 13.0. The van der Waals surface area contributed by atoms with Gasteiger partial charge in [-0.05, 0) is 75.5 Å². The number of nitrogens with zero attached hydrogens (tertiary/aromatic N) is 2. The lowest BCUT2D eigenvalue weighted by atomic mass is 9.93. The molecular weight excluding hydrogens is 384 g/mol. The first-order valence-corrected chi connectivity index (χ1v) is 11.7. The highest BCUT2D eigenvalue weighted by molar-refractivity contribution is 6.30. The average molecular weight is 417 g/mol. The summed E-state index contributed by atoms with van der Waals surface area (Å²) in [6.45, 7) is 5.03. The lowest BCUT2D eigenvalue weighted by molar-refractivity contribution is 0.0698. The molecule has 0 bridgehead atoms. The van der Waals surface area contributed by atoms with Crippen LogP contribution in [0.25, 0.3) is 0 Å². The Hall–Kier alpha value is -1.52. The first kappa shape index (κ1) is 20.7. The molecule has 4 nitrogen and oxygen atoms in total. The summed E-state index contributed by atoms with van der Waals surface area (Å²) in [6, 6.07) is 5.45. The van der Waals surface area contributed by atoms with Crippen LogP contribution < -0.4 is 4.74 Å². The Morgan fingerprint density at radius 2 is 1.83 bits per heavy atom. The first-order valence-electron chi connectivity index (χ1n) is 11.3. The smallest absolute Gasteiger partial charge is 0.257 e. The summed E-state index contributed by atoms with van der Waals surface area (Å²) < 4.78 is 6.35. The lowest BCUT2D eigenvalue weighted by Gasteiger charge is -2.35. The number of carbonyl (C=O) groups excluding carboxylic acids is 1. The number of piperidine rings is 2. The third kappa shape index (κ3) is 5.55. The molecule has 4 rings (SSSR count). The van der Waals surface area contributed by atoms with Gasteiger partial charge in [-0.25, -0.2) is 0 Å². The summed E-state index contributed by atoms with van der Waals surface area (Å²) in [5.41, 5.74) is 0.660. The van der Waals surface area contributed by atoms with Crippen LogP contribution in [0.4, 0.5) is 0 Å². The van der Waals surface area contributed by atoms with Crippen LogP contribution in [0.3, 0.4) is 0 Å². The molecule has 1 atom stereocenters. The van der Waals surface area contributed by atoms with Crippen molar-refractivity contribution in [1.82, 2.24) is 9.80 Å². The van der Waals surface area contributed by atoms with E-state index in [9.17, 15) is 4.79 Å². The number of allylic oxidation sites excluding steroid dienone is 2. The molecule has 3 aliphatic rings. The highest BCUT2D eigenvalue weighted by Crippen LogP contribution is 2.29. The molecule has 1 aromatic rings. The van der Waals surface area contributed by atoms with Crippen LogP contribution in [0.5, 0.6) is 5.75 Å². The Morgan fingerprint density at radius 3 is 2.55 bits per heavy atom. The van der Waals surface area contributed by atoms with Gasteiger partial charge in [0.15, 0.2) is 0 Å². The van der Waals surface area contributed by atoms with E-state index in [1.165, 1.54) is 32.2 Å². The molecule has 2 saturated heterocycles. The zero-order valence-electron chi connectivity index (χ0n) is 17.3. The van der Waals surface area contributed by atoms with Gasteiger partial charge in [-0.1, -0.05) is 23.8 Å². The molecule has 1 aromatic carbocycles. The molecular formula is C24H33ClN2O2. The van der Waals surface area contributed by atoms with Crippen LogP contribution in [0.2, 0.25) is 5.02 Å². The molecule has 0 saturated carbocycles. The minimum atomic E-state index is 0.0826. The Kier molecular flexibility index (Phi) is 7.15. The average Bonchev–Trinajstić information content (AvgIpc) is 2.76. The number of likely N-dealkylation sites (tertiary alicyclic amines) is 2. The second-order valence-electron chi connectivity index (χ2n) is 8.76. The van der Waals surface area contributed by atoms with Crippen LogP contribution in [0, 0.1) is 5.92 Å². The topological polar surface area (TPSA) is 32.8 Å². The highest BCUT2D eigenvalue weighted by atomic mass is 35.5. The number of halogens is 1. The summed E-state index contributed by atoms with van der Waals surface area (Å²) in [5.74, 6) is 1.54. The largest absolute Gasteiger partial charge is 0.489 e. The summed E-state index contributed by atoms with van der Waals surface area (Å²) in [6.07, 6.45) is 14.0. The van der Waals surface area contributed by atoms with Gasteiger partial charge in [-0.15, -0.1) is 0 Å². The van der Waals surface area contributed by atoms with Gasteiger partial charge in [0.25, 0.3) is 5.91 Å². The van der Waals surface area contributed by atoms with E-state index in [-0.39, 0.29) is 12.0 Å². The first-order chi connectivity index (χ1) is 14.2. The monoisotopic (exact) mass is 416 g/mol. The molecule has 2 fully saturated rings. The second-order valence-corrected chi connectivity index (χ2v) is 9.20. The fraction of sp³-hybridized carbons (Fsp3) is 0.625. The van der Waals surface area contributed by atoms with Crippen LogP contribution in [-0.4, -0.2) is 54.5 Å². The standard InChI is InChI=1S/C24H33ClN2O2/c25-20-9-10-22(24(28)27-13-5-2-6-14-27)23(17-20)29-21-11-15-26(16-12-21)18-19-7-3-1-4-8-19/h1,3,9-10,17,19,21H,2,4-8,11-16,18H2. The van der Waals surface area contributed by atoms with Crippen molar-refractivity contribution in [2.75, 3.05) is 32.7 Å². The summed E-state index contributed by atoms with van der Waals surface area (Å²) in [7, 11) is 0. The van der Waals surface area contributed by atoms with Crippen LogP contribution >= 0.6 is 11.6 Å². The fourth-order valence-corrected chi connectivity index (χ4v) is 4.98. The van der Waals surface area contributed by atoms with Crippen LogP contribution in [0.1, 0.15) is 61.7 Å².